The molecule has 2 atom stereocenters. The summed E-state index contributed by atoms with van der Waals surface area (Å²) in [5, 5.41) is 2.94. The summed E-state index contributed by atoms with van der Waals surface area (Å²) < 4.78 is 0. The van der Waals surface area contributed by atoms with Gasteiger partial charge in [-0.1, -0.05) is 25.1 Å². The number of amides is 2. The summed E-state index contributed by atoms with van der Waals surface area (Å²) >= 11 is 0. The van der Waals surface area contributed by atoms with E-state index in [1.54, 1.807) is 0 Å². The summed E-state index contributed by atoms with van der Waals surface area (Å²) in [6, 6.07) is 7.86. The van der Waals surface area contributed by atoms with Crippen LogP contribution in [0.3, 0.4) is 0 Å². The highest BCUT2D eigenvalue weighted by Crippen LogP contribution is 2.40. The maximum atomic E-state index is 12.1. The zero-order chi connectivity index (χ0) is 13.4. The Morgan fingerprint density at radius 1 is 1.42 bits per heavy atom. The number of carbonyl (C=O) groups excluding carboxylic acids is 2. The Morgan fingerprint density at radius 3 is 3.00 bits per heavy atom. The van der Waals surface area contributed by atoms with E-state index in [1.807, 2.05) is 36.1 Å². The smallest absolute Gasteiger partial charge is 0.232 e. The van der Waals surface area contributed by atoms with Crippen LogP contribution >= 0.6 is 0 Å². The molecule has 1 aromatic rings. The van der Waals surface area contributed by atoms with E-state index >= 15 is 0 Å². The fourth-order valence-corrected chi connectivity index (χ4v) is 3.21. The maximum absolute atomic E-state index is 12.1. The van der Waals surface area contributed by atoms with Crippen molar-refractivity contribution in [3.8, 4) is 0 Å². The first-order valence-corrected chi connectivity index (χ1v) is 6.88. The second kappa shape index (κ2) is 4.68. The van der Waals surface area contributed by atoms with Crippen molar-refractivity contribution in [2.45, 2.75) is 25.7 Å². The van der Waals surface area contributed by atoms with Crippen molar-refractivity contribution in [3.05, 3.63) is 29.8 Å². The van der Waals surface area contributed by atoms with E-state index < -0.39 is 0 Å². The molecule has 1 fully saturated rings. The molecule has 2 amide bonds. The Labute approximate surface area is 112 Å². The number of nitrogens with zero attached hydrogens (tertiary/aromatic N) is 1. The summed E-state index contributed by atoms with van der Waals surface area (Å²) in [6.45, 7) is 3.37. The van der Waals surface area contributed by atoms with Gasteiger partial charge in [0, 0.05) is 25.2 Å². The van der Waals surface area contributed by atoms with Crippen LogP contribution in [0.2, 0.25) is 0 Å². The lowest BCUT2D eigenvalue weighted by Crippen LogP contribution is -2.30. The van der Waals surface area contributed by atoms with E-state index in [0.29, 0.717) is 13.0 Å². The topological polar surface area (TPSA) is 49.4 Å². The van der Waals surface area contributed by atoms with Gasteiger partial charge in [0.05, 0.1) is 5.92 Å². The molecule has 2 aliphatic heterocycles. The SMILES string of the molecule is CCC(=O)N1CC[C@@H]([C@@H]2C(=O)Nc3ccccc32)C1. The highest BCUT2D eigenvalue weighted by Gasteiger charge is 2.40. The van der Waals surface area contributed by atoms with Crippen LogP contribution in [0.5, 0.6) is 0 Å². The normalized spacial score (nSPS) is 25.3. The van der Waals surface area contributed by atoms with Gasteiger partial charge >= 0.3 is 0 Å². The molecular formula is C15H18N2O2. The van der Waals surface area contributed by atoms with Crippen molar-refractivity contribution in [1.29, 1.82) is 0 Å². The molecule has 1 aromatic carbocycles. The number of nitrogens with one attached hydrogen (secondary N) is 1. The molecule has 0 radical (unpaired) electrons. The fourth-order valence-electron chi connectivity index (χ4n) is 3.21. The zero-order valence-corrected chi connectivity index (χ0v) is 11.1. The average Bonchev–Trinajstić information content (AvgIpc) is 3.00. The second-order valence-corrected chi connectivity index (χ2v) is 5.30. The number of hydrogen-bond donors (Lipinski definition) is 1. The van der Waals surface area contributed by atoms with E-state index in [0.717, 1.165) is 24.2 Å². The van der Waals surface area contributed by atoms with E-state index in [-0.39, 0.29) is 23.7 Å². The van der Waals surface area contributed by atoms with Gasteiger partial charge in [0.2, 0.25) is 11.8 Å². The number of carbonyl (C=O) groups is 2. The molecule has 0 aromatic heterocycles. The predicted octanol–water partition coefficient (Wildman–Crippen LogP) is 1.98. The molecule has 0 unspecified atom stereocenters. The first-order valence-electron chi connectivity index (χ1n) is 6.88. The van der Waals surface area contributed by atoms with Crippen LogP contribution in [0.15, 0.2) is 24.3 Å². The minimum absolute atomic E-state index is 0.0806. The third-order valence-corrected chi connectivity index (χ3v) is 4.19. The number of fused-ring (bicyclic) bond motifs is 1. The van der Waals surface area contributed by atoms with Gasteiger partial charge in [-0.15, -0.1) is 0 Å². The van der Waals surface area contributed by atoms with Crippen LogP contribution < -0.4 is 5.32 Å². The summed E-state index contributed by atoms with van der Waals surface area (Å²) in [7, 11) is 0. The quantitative estimate of drug-likeness (QED) is 0.881. The number of hydrogen-bond acceptors (Lipinski definition) is 2. The molecule has 19 heavy (non-hydrogen) atoms. The van der Waals surface area contributed by atoms with Crippen LogP contribution in [0, 0.1) is 5.92 Å². The molecule has 2 heterocycles. The van der Waals surface area contributed by atoms with Crippen LogP contribution in [0.1, 0.15) is 31.2 Å². The molecule has 0 aliphatic carbocycles. The third-order valence-electron chi connectivity index (χ3n) is 4.19. The van der Waals surface area contributed by atoms with Gasteiger partial charge in [-0.25, -0.2) is 0 Å². The lowest BCUT2D eigenvalue weighted by molar-refractivity contribution is -0.130. The summed E-state index contributed by atoms with van der Waals surface area (Å²) in [5.74, 6) is 0.427. The van der Waals surface area contributed by atoms with E-state index in [2.05, 4.69) is 5.32 Å². The lowest BCUT2D eigenvalue weighted by atomic mass is 9.86. The largest absolute Gasteiger partial charge is 0.342 e. The minimum Gasteiger partial charge on any atom is -0.342 e. The number of anilines is 1. The highest BCUT2D eigenvalue weighted by molar-refractivity contribution is 6.03. The van der Waals surface area contributed by atoms with E-state index in [9.17, 15) is 9.59 Å². The average molecular weight is 258 g/mol. The number of benzene rings is 1. The molecule has 0 spiro atoms. The lowest BCUT2D eigenvalue weighted by Gasteiger charge is -2.18. The van der Waals surface area contributed by atoms with Crippen molar-refractivity contribution < 1.29 is 9.59 Å². The first kappa shape index (κ1) is 12.2. The second-order valence-electron chi connectivity index (χ2n) is 5.30. The third kappa shape index (κ3) is 2.01. The molecule has 100 valence electrons. The van der Waals surface area contributed by atoms with Crippen molar-refractivity contribution >= 4 is 17.5 Å². The first-order chi connectivity index (χ1) is 9.20. The van der Waals surface area contributed by atoms with Gasteiger partial charge < -0.3 is 10.2 Å². The highest BCUT2D eigenvalue weighted by atomic mass is 16.2. The number of para-hydroxylation sites is 1. The fraction of sp³-hybridized carbons (Fsp3) is 0.467. The predicted molar refractivity (Wildman–Crippen MR) is 72.8 cm³/mol. The molecule has 0 bridgehead atoms. The molecule has 4 nitrogen and oxygen atoms in total. The van der Waals surface area contributed by atoms with Gasteiger partial charge in [0.1, 0.15) is 0 Å². The molecule has 4 heteroatoms. The minimum atomic E-state index is -0.0918. The van der Waals surface area contributed by atoms with Crippen molar-refractivity contribution in [1.82, 2.24) is 4.90 Å². The van der Waals surface area contributed by atoms with E-state index in [1.165, 1.54) is 0 Å². The molecule has 0 saturated carbocycles. The Balaban J connectivity index is 1.81. The summed E-state index contributed by atoms with van der Waals surface area (Å²) in [5.41, 5.74) is 2.01. The standard InChI is InChI=1S/C15H18N2O2/c1-2-13(18)17-8-7-10(9-17)14-11-5-3-4-6-12(11)16-15(14)19/h3-6,10,14H,2,7-9H2,1H3,(H,16,19)/t10-,14+/m1/s1. The number of likely N-dealkylation sites (tertiary alicyclic amines) is 1. The molecule has 1 N–H and O–H groups in total. The van der Waals surface area contributed by atoms with E-state index in [4.69, 9.17) is 0 Å². The van der Waals surface area contributed by atoms with Crippen molar-refractivity contribution in [2.24, 2.45) is 5.92 Å². The monoisotopic (exact) mass is 258 g/mol. The van der Waals surface area contributed by atoms with Crippen molar-refractivity contribution in [2.75, 3.05) is 18.4 Å². The van der Waals surface area contributed by atoms with Crippen molar-refractivity contribution in [3.63, 3.8) is 0 Å². The zero-order valence-electron chi connectivity index (χ0n) is 11.1. The molecule has 2 aliphatic rings. The maximum Gasteiger partial charge on any atom is 0.232 e. The van der Waals surface area contributed by atoms with Gasteiger partial charge in [-0.2, -0.15) is 0 Å². The molecule has 3 rings (SSSR count). The Bertz CT molecular complexity index is 527. The Kier molecular flexibility index (Phi) is 3.01. The summed E-state index contributed by atoms with van der Waals surface area (Å²) in [6.07, 6.45) is 1.46. The Hall–Kier alpha value is -1.84. The number of rotatable bonds is 2. The van der Waals surface area contributed by atoms with Gasteiger partial charge in [-0.05, 0) is 24.0 Å². The van der Waals surface area contributed by atoms with Crippen LogP contribution in [0.4, 0.5) is 5.69 Å². The molecular weight excluding hydrogens is 240 g/mol. The summed E-state index contributed by atoms with van der Waals surface area (Å²) in [4.78, 5) is 25.8. The van der Waals surface area contributed by atoms with Gasteiger partial charge in [0.15, 0.2) is 0 Å². The van der Waals surface area contributed by atoms with Crippen LogP contribution in [-0.4, -0.2) is 29.8 Å². The van der Waals surface area contributed by atoms with Gasteiger partial charge in [-0.3, -0.25) is 9.59 Å². The van der Waals surface area contributed by atoms with Crippen LogP contribution in [-0.2, 0) is 9.59 Å². The molecule has 1 saturated heterocycles. The van der Waals surface area contributed by atoms with Crippen LogP contribution in [0.25, 0.3) is 0 Å². The Morgan fingerprint density at radius 2 is 2.21 bits per heavy atom. The van der Waals surface area contributed by atoms with Gasteiger partial charge in [0.25, 0.3) is 0 Å².